The lowest BCUT2D eigenvalue weighted by Gasteiger charge is -2.09. The summed E-state index contributed by atoms with van der Waals surface area (Å²) in [6.07, 6.45) is -2.88. The van der Waals surface area contributed by atoms with E-state index in [1.54, 1.807) is 0 Å². The summed E-state index contributed by atoms with van der Waals surface area (Å²) >= 11 is 2.95. The Balaban J connectivity index is 3.24. The van der Waals surface area contributed by atoms with Gasteiger partial charge in [0.05, 0.1) is 6.61 Å². The lowest BCUT2D eigenvalue weighted by molar-refractivity contribution is 0.0511. The summed E-state index contributed by atoms with van der Waals surface area (Å²) in [5.74, 6) is -2.02. The molecule has 7 heteroatoms. The summed E-state index contributed by atoms with van der Waals surface area (Å²) < 4.78 is 43.2. The van der Waals surface area contributed by atoms with Crippen molar-refractivity contribution in [1.82, 2.24) is 4.98 Å². The summed E-state index contributed by atoms with van der Waals surface area (Å²) in [5, 5.41) is 0.0275. The average molecular weight is 312 g/mol. The summed E-state index contributed by atoms with van der Waals surface area (Å²) in [6, 6.07) is 0.857. The number of hydrogen-bond acceptors (Lipinski definition) is 3. The highest BCUT2D eigenvalue weighted by Crippen LogP contribution is 2.24. The maximum absolute atomic E-state index is 13.4. The Hall–Kier alpha value is -1.11. The molecule has 0 bridgehead atoms. The van der Waals surface area contributed by atoms with Crippen molar-refractivity contribution in [2.45, 2.75) is 18.7 Å². The Morgan fingerprint density at radius 1 is 1.59 bits per heavy atom. The van der Waals surface area contributed by atoms with E-state index >= 15 is 0 Å². The zero-order chi connectivity index (χ0) is 13.0. The lowest BCUT2D eigenvalue weighted by Crippen LogP contribution is -2.13. The minimum Gasteiger partial charge on any atom is -0.461 e. The Labute approximate surface area is 104 Å². The van der Waals surface area contributed by atoms with Gasteiger partial charge in [-0.25, -0.2) is 22.9 Å². The molecule has 1 rings (SSSR count). The Morgan fingerprint density at radius 2 is 2.24 bits per heavy atom. The molecule has 0 N–H and O–H groups in total. The second-order valence-corrected chi connectivity index (χ2v) is 3.58. The molecule has 0 radical (unpaired) electrons. The quantitative estimate of drug-likeness (QED) is 0.633. The molecule has 0 aliphatic carbocycles. The molecule has 0 fully saturated rings. The number of hydrogen-bond donors (Lipinski definition) is 0. The van der Waals surface area contributed by atoms with Crippen LogP contribution in [-0.2, 0) is 10.1 Å². The van der Waals surface area contributed by atoms with Gasteiger partial charge in [-0.3, -0.25) is 0 Å². The SMILES string of the molecule is CCOC(=O)c1nc(C(F)F)c(CBr)cc1F. The van der Waals surface area contributed by atoms with Gasteiger partial charge in [0.2, 0.25) is 0 Å². The number of carbonyl (C=O) groups is 1. The van der Waals surface area contributed by atoms with Crippen molar-refractivity contribution in [2.75, 3.05) is 6.61 Å². The molecule has 3 nitrogen and oxygen atoms in total. The number of pyridine rings is 1. The minimum absolute atomic E-state index is 0.00514. The lowest BCUT2D eigenvalue weighted by atomic mass is 10.2. The Bertz CT molecular complexity index is 426. The van der Waals surface area contributed by atoms with Crippen LogP contribution in [0.3, 0.4) is 0 Å². The van der Waals surface area contributed by atoms with E-state index < -0.39 is 29.6 Å². The van der Waals surface area contributed by atoms with E-state index in [1.807, 2.05) is 0 Å². The standard InChI is InChI=1S/C10H9BrF3NO2/c1-2-17-10(16)8-6(12)3-5(4-11)7(15-8)9(13)14/h3,9H,2,4H2,1H3. The number of esters is 1. The Kier molecular flexibility index (Phi) is 4.92. The first-order valence-electron chi connectivity index (χ1n) is 4.71. The normalized spacial score (nSPS) is 10.7. The first-order chi connectivity index (χ1) is 8.01. The van der Waals surface area contributed by atoms with Crippen LogP contribution in [0.4, 0.5) is 13.2 Å². The molecule has 0 amide bonds. The molecule has 0 aromatic carbocycles. The third-order valence-electron chi connectivity index (χ3n) is 1.91. The molecule has 0 atom stereocenters. The molecular weight excluding hydrogens is 303 g/mol. The van der Waals surface area contributed by atoms with E-state index in [1.165, 1.54) is 6.92 Å². The zero-order valence-corrected chi connectivity index (χ0v) is 10.4. The number of carbonyl (C=O) groups excluding carboxylic acids is 1. The Morgan fingerprint density at radius 3 is 2.71 bits per heavy atom. The summed E-state index contributed by atoms with van der Waals surface area (Å²) in [7, 11) is 0. The zero-order valence-electron chi connectivity index (χ0n) is 8.84. The van der Waals surface area contributed by atoms with Crippen LogP contribution in [0.1, 0.15) is 35.1 Å². The van der Waals surface area contributed by atoms with E-state index in [0.29, 0.717) is 0 Å². The van der Waals surface area contributed by atoms with Gasteiger partial charge >= 0.3 is 5.97 Å². The molecule has 0 saturated heterocycles. The molecule has 0 aliphatic rings. The summed E-state index contributed by atoms with van der Waals surface area (Å²) in [4.78, 5) is 14.6. The molecule has 1 aromatic heterocycles. The number of aromatic nitrogens is 1. The molecule has 1 aromatic rings. The van der Waals surface area contributed by atoms with Crippen molar-refractivity contribution in [2.24, 2.45) is 0 Å². The fraction of sp³-hybridized carbons (Fsp3) is 0.400. The van der Waals surface area contributed by atoms with E-state index in [4.69, 9.17) is 0 Å². The van der Waals surface area contributed by atoms with E-state index in [-0.39, 0.29) is 17.5 Å². The van der Waals surface area contributed by atoms with Crippen molar-refractivity contribution in [1.29, 1.82) is 0 Å². The third kappa shape index (κ3) is 3.18. The average Bonchev–Trinajstić information content (AvgIpc) is 2.28. The van der Waals surface area contributed by atoms with Crippen molar-refractivity contribution in [3.05, 3.63) is 28.8 Å². The van der Waals surface area contributed by atoms with E-state index in [9.17, 15) is 18.0 Å². The molecule has 17 heavy (non-hydrogen) atoms. The topological polar surface area (TPSA) is 39.2 Å². The number of ether oxygens (including phenoxy) is 1. The van der Waals surface area contributed by atoms with Gasteiger partial charge in [-0.05, 0) is 18.6 Å². The van der Waals surface area contributed by atoms with Gasteiger partial charge in [-0.15, -0.1) is 0 Å². The number of alkyl halides is 3. The van der Waals surface area contributed by atoms with Gasteiger partial charge in [-0.2, -0.15) is 0 Å². The second-order valence-electron chi connectivity index (χ2n) is 3.02. The van der Waals surface area contributed by atoms with E-state index in [2.05, 4.69) is 25.7 Å². The number of rotatable bonds is 4. The molecular formula is C10H9BrF3NO2. The van der Waals surface area contributed by atoms with Crippen molar-refractivity contribution in [3.8, 4) is 0 Å². The summed E-state index contributed by atoms with van der Waals surface area (Å²) in [6.45, 7) is 1.54. The highest BCUT2D eigenvalue weighted by atomic mass is 79.9. The van der Waals surface area contributed by atoms with E-state index in [0.717, 1.165) is 6.07 Å². The smallest absolute Gasteiger partial charge is 0.360 e. The van der Waals surface area contributed by atoms with Gasteiger partial charge in [0.15, 0.2) is 11.5 Å². The van der Waals surface area contributed by atoms with Crippen LogP contribution in [0, 0.1) is 5.82 Å². The van der Waals surface area contributed by atoms with Crippen LogP contribution in [0.2, 0.25) is 0 Å². The summed E-state index contributed by atoms with van der Waals surface area (Å²) in [5.41, 5.74) is -1.33. The molecule has 94 valence electrons. The monoisotopic (exact) mass is 311 g/mol. The third-order valence-corrected chi connectivity index (χ3v) is 2.51. The molecule has 0 saturated carbocycles. The molecule has 0 aliphatic heterocycles. The van der Waals surface area contributed by atoms with Crippen molar-refractivity contribution < 1.29 is 22.7 Å². The fourth-order valence-electron chi connectivity index (χ4n) is 1.18. The van der Waals surface area contributed by atoms with Crippen LogP contribution >= 0.6 is 15.9 Å². The first kappa shape index (κ1) is 14.0. The maximum atomic E-state index is 13.4. The maximum Gasteiger partial charge on any atom is 0.360 e. The van der Waals surface area contributed by atoms with Crippen molar-refractivity contribution in [3.63, 3.8) is 0 Å². The molecule has 0 unspecified atom stereocenters. The van der Waals surface area contributed by atoms with Gasteiger partial charge < -0.3 is 4.74 Å². The van der Waals surface area contributed by atoms with Gasteiger partial charge in [0, 0.05) is 5.33 Å². The van der Waals surface area contributed by atoms with Crippen LogP contribution in [0.5, 0.6) is 0 Å². The van der Waals surface area contributed by atoms with Crippen molar-refractivity contribution >= 4 is 21.9 Å². The van der Waals surface area contributed by atoms with Crippen LogP contribution < -0.4 is 0 Å². The predicted octanol–water partition coefficient (Wildman–Crippen LogP) is 3.23. The fourth-order valence-corrected chi connectivity index (χ4v) is 1.63. The highest BCUT2D eigenvalue weighted by molar-refractivity contribution is 9.08. The number of nitrogens with zero attached hydrogens (tertiary/aromatic N) is 1. The van der Waals surface area contributed by atoms with Crippen LogP contribution in [0.25, 0.3) is 0 Å². The van der Waals surface area contributed by atoms with Gasteiger partial charge in [0.25, 0.3) is 6.43 Å². The molecule has 1 heterocycles. The largest absolute Gasteiger partial charge is 0.461 e. The number of halogens is 4. The first-order valence-corrected chi connectivity index (χ1v) is 5.83. The minimum atomic E-state index is -2.88. The van der Waals surface area contributed by atoms with Crippen LogP contribution in [-0.4, -0.2) is 17.6 Å². The second kappa shape index (κ2) is 6.00. The van der Waals surface area contributed by atoms with Crippen LogP contribution in [0.15, 0.2) is 6.07 Å². The predicted molar refractivity (Wildman–Crippen MR) is 57.7 cm³/mol. The van der Waals surface area contributed by atoms with Gasteiger partial charge in [-0.1, -0.05) is 15.9 Å². The highest BCUT2D eigenvalue weighted by Gasteiger charge is 2.22. The molecule has 0 spiro atoms. The van der Waals surface area contributed by atoms with Gasteiger partial charge in [0.1, 0.15) is 5.69 Å².